The fraction of sp³-hybridized carbons (Fsp3) is 0. The Hall–Kier alpha value is -2.91. The van der Waals surface area contributed by atoms with Crippen LogP contribution in [0.25, 0.3) is 38.6 Å². The number of para-hydroxylation sites is 2. The summed E-state index contributed by atoms with van der Waals surface area (Å²) in [6.45, 7) is 0. The van der Waals surface area contributed by atoms with E-state index in [2.05, 4.69) is 98.3 Å². The number of pyridine rings is 1. The van der Waals surface area contributed by atoms with E-state index >= 15 is 0 Å². The van der Waals surface area contributed by atoms with Crippen molar-refractivity contribution in [3.63, 3.8) is 0 Å². The van der Waals surface area contributed by atoms with Crippen molar-refractivity contribution in [2.75, 3.05) is 0 Å². The average Bonchev–Trinajstić information content (AvgIpc) is 3.03. The lowest BCUT2D eigenvalue weighted by molar-refractivity contribution is 1.18. The summed E-state index contributed by atoms with van der Waals surface area (Å²) in [6.07, 6.45) is 1.82. The second kappa shape index (κ2) is 6.11. The predicted octanol–water partition coefficient (Wildman–Crippen LogP) is 6.61. The number of halogens is 1. The highest BCUT2D eigenvalue weighted by Crippen LogP contribution is 2.32. The van der Waals surface area contributed by atoms with Crippen LogP contribution in [-0.4, -0.2) is 9.55 Å². The third-order valence-electron chi connectivity index (χ3n) is 4.77. The minimum atomic E-state index is 0.849. The van der Waals surface area contributed by atoms with E-state index in [4.69, 9.17) is 0 Å². The average molecular weight is 399 g/mol. The van der Waals surface area contributed by atoms with Crippen molar-refractivity contribution in [1.82, 2.24) is 9.55 Å². The molecule has 0 atom stereocenters. The highest BCUT2D eigenvalue weighted by Gasteiger charge is 2.11. The predicted molar refractivity (Wildman–Crippen MR) is 112 cm³/mol. The third kappa shape index (κ3) is 2.44. The molecular weight excluding hydrogens is 384 g/mol. The number of aromatic nitrogens is 2. The fourth-order valence-corrected chi connectivity index (χ4v) is 3.95. The molecule has 0 aliphatic carbocycles. The number of fused-ring (bicyclic) bond motifs is 3. The van der Waals surface area contributed by atoms with Gasteiger partial charge in [-0.1, -0.05) is 48.5 Å². The van der Waals surface area contributed by atoms with E-state index in [9.17, 15) is 0 Å². The molecule has 0 fully saturated rings. The third-order valence-corrected chi connectivity index (χ3v) is 5.20. The Morgan fingerprint density at radius 3 is 1.88 bits per heavy atom. The number of hydrogen-bond acceptors (Lipinski definition) is 1. The quantitative estimate of drug-likeness (QED) is 0.306. The molecule has 124 valence electrons. The molecular formula is C23H15BrN2. The van der Waals surface area contributed by atoms with Crippen LogP contribution in [0.5, 0.6) is 0 Å². The summed E-state index contributed by atoms with van der Waals surface area (Å²) in [5, 5.41) is 2.57. The minimum absolute atomic E-state index is 0.849. The first-order valence-electron chi connectivity index (χ1n) is 8.52. The van der Waals surface area contributed by atoms with Crippen LogP contribution < -0.4 is 0 Å². The molecule has 0 spiro atoms. The molecule has 0 radical (unpaired) electrons. The van der Waals surface area contributed by atoms with E-state index in [0.717, 1.165) is 10.2 Å². The number of nitrogens with zero attached hydrogens (tertiary/aromatic N) is 2. The first kappa shape index (κ1) is 15.4. The van der Waals surface area contributed by atoms with Crippen LogP contribution in [0.15, 0.2) is 95.7 Å². The standard InChI is InChI=1S/C23H15BrN2/c24-23-15-17(13-14-25-23)16-9-11-18(12-10-16)26-21-7-3-1-5-19(21)20-6-2-4-8-22(20)26/h1-15H. The van der Waals surface area contributed by atoms with Crippen LogP contribution in [0.4, 0.5) is 0 Å². The molecule has 2 heterocycles. The van der Waals surface area contributed by atoms with Gasteiger partial charge in [-0.05, 0) is 63.5 Å². The summed E-state index contributed by atoms with van der Waals surface area (Å²) >= 11 is 3.44. The van der Waals surface area contributed by atoms with Gasteiger partial charge in [0.1, 0.15) is 4.60 Å². The zero-order valence-corrected chi connectivity index (χ0v) is 15.5. The summed E-state index contributed by atoms with van der Waals surface area (Å²) in [5.74, 6) is 0. The summed E-state index contributed by atoms with van der Waals surface area (Å²) in [6, 6.07) is 29.9. The van der Waals surface area contributed by atoms with Gasteiger partial charge >= 0.3 is 0 Å². The molecule has 0 aliphatic rings. The minimum Gasteiger partial charge on any atom is -0.309 e. The molecule has 3 aromatic carbocycles. The summed E-state index contributed by atoms with van der Waals surface area (Å²) in [4.78, 5) is 4.20. The van der Waals surface area contributed by atoms with Crippen LogP contribution in [0.3, 0.4) is 0 Å². The Kier molecular flexibility index (Phi) is 3.61. The molecule has 0 saturated carbocycles. The Labute approximate surface area is 159 Å². The first-order chi connectivity index (χ1) is 12.8. The molecule has 0 aliphatic heterocycles. The molecule has 2 aromatic heterocycles. The van der Waals surface area contributed by atoms with Gasteiger partial charge in [0.05, 0.1) is 11.0 Å². The Morgan fingerprint density at radius 2 is 1.27 bits per heavy atom. The van der Waals surface area contributed by atoms with Gasteiger partial charge in [0.15, 0.2) is 0 Å². The van der Waals surface area contributed by atoms with Gasteiger partial charge in [-0.2, -0.15) is 0 Å². The van der Waals surface area contributed by atoms with Crippen LogP contribution >= 0.6 is 15.9 Å². The van der Waals surface area contributed by atoms with Gasteiger partial charge in [-0.25, -0.2) is 4.98 Å². The van der Waals surface area contributed by atoms with Crippen molar-refractivity contribution in [3.8, 4) is 16.8 Å². The Balaban J connectivity index is 1.70. The maximum Gasteiger partial charge on any atom is 0.106 e. The maximum absolute atomic E-state index is 4.20. The zero-order chi connectivity index (χ0) is 17.5. The van der Waals surface area contributed by atoms with Gasteiger partial charge in [0.2, 0.25) is 0 Å². The molecule has 0 unspecified atom stereocenters. The summed E-state index contributed by atoms with van der Waals surface area (Å²) in [7, 11) is 0. The molecule has 0 N–H and O–H groups in total. The highest BCUT2D eigenvalue weighted by molar-refractivity contribution is 9.10. The summed E-state index contributed by atoms with van der Waals surface area (Å²) in [5.41, 5.74) is 5.96. The van der Waals surface area contributed by atoms with Crippen molar-refractivity contribution >= 4 is 37.7 Å². The van der Waals surface area contributed by atoms with E-state index in [1.807, 2.05) is 18.3 Å². The lowest BCUT2D eigenvalue weighted by atomic mass is 10.1. The van der Waals surface area contributed by atoms with Gasteiger partial charge in [0.25, 0.3) is 0 Å². The van der Waals surface area contributed by atoms with Gasteiger partial charge in [-0.15, -0.1) is 0 Å². The topological polar surface area (TPSA) is 17.8 Å². The number of benzene rings is 3. The molecule has 5 aromatic rings. The summed E-state index contributed by atoms with van der Waals surface area (Å²) < 4.78 is 3.18. The smallest absolute Gasteiger partial charge is 0.106 e. The van der Waals surface area contributed by atoms with Gasteiger partial charge in [0, 0.05) is 22.7 Å². The fourth-order valence-electron chi connectivity index (χ4n) is 3.59. The van der Waals surface area contributed by atoms with Crippen molar-refractivity contribution in [3.05, 3.63) is 95.7 Å². The van der Waals surface area contributed by atoms with Crippen LogP contribution in [0.2, 0.25) is 0 Å². The Bertz CT molecular complexity index is 1180. The van der Waals surface area contributed by atoms with Gasteiger partial charge < -0.3 is 4.57 Å². The first-order valence-corrected chi connectivity index (χ1v) is 9.31. The molecule has 0 saturated heterocycles. The van der Waals surface area contributed by atoms with E-state index in [1.165, 1.54) is 33.1 Å². The molecule has 0 amide bonds. The largest absolute Gasteiger partial charge is 0.309 e. The molecule has 0 bridgehead atoms. The van der Waals surface area contributed by atoms with Crippen LogP contribution in [0, 0.1) is 0 Å². The van der Waals surface area contributed by atoms with Crippen molar-refractivity contribution < 1.29 is 0 Å². The van der Waals surface area contributed by atoms with Crippen molar-refractivity contribution in [2.45, 2.75) is 0 Å². The lowest BCUT2D eigenvalue weighted by Crippen LogP contribution is -1.93. The molecule has 2 nitrogen and oxygen atoms in total. The molecule has 26 heavy (non-hydrogen) atoms. The van der Waals surface area contributed by atoms with Crippen LogP contribution in [-0.2, 0) is 0 Å². The SMILES string of the molecule is Brc1cc(-c2ccc(-n3c4ccccc4c4ccccc43)cc2)ccn1. The Morgan fingerprint density at radius 1 is 0.654 bits per heavy atom. The number of rotatable bonds is 2. The monoisotopic (exact) mass is 398 g/mol. The van der Waals surface area contributed by atoms with E-state index in [0.29, 0.717) is 0 Å². The van der Waals surface area contributed by atoms with E-state index < -0.39 is 0 Å². The van der Waals surface area contributed by atoms with Gasteiger partial charge in [-0.3, -0.25) is 0 Å². The number of hydrogen-bond donors (Lipinski definition) is 0. The van der Waals surface area contributed by atoms with Crippen molar-refractivity contribution in [2.24, 2.45) is 0 Å². The maximum atomic E-state index is 4.20. The van der Waals surface area contributed by atoms with Crippen LogP contribution in [0.1, 0.15) is 0 Å². The van der Waals surface area contributed by atoms with E-state index in [-0.39, 0.29) is 0 Å². The van der Waals surface area contributed by atoms with Crippen molar-refractivity contribution in [1.29, 1.82) is 0 Å². The molecule has 3 heteroatoms. The lowest BCUT2D eigenvalue weighted by Gasteiger charge is -2.09. The normalized spacial score (nSPS) is 11.3. The highest BCUT2D eigenvalue weighted by atomic mass is 79.9. The van der Waals surface area contributed by atoms with E-state index in [1.54, 1.807) is 0 Å². The molecule has 5 rings (SSSR count). The zero-order valence-electron chi connectivity index (χ0n) is 13.9. The second-order valence-corrected chi connectivity index (χ2v) is 7.10. The second-order valence-electron chi connectivity index (χ2n) is 6.28.